The quantitative estimate of drug-likeness (QED) is 0.731. The number of rotatable bonds is 6. The first-order valence-electron chi connectivity index (χ1n) is 6.32. The Morgan fingerprint density at radius 1 is 1.24 bits per heavy atom. The van der Waals surface area contributed by atoms with E-state index in [0.717, 1.165) is 6.42 Å². The highest BCUT2D eigenvalue weighted by atomic mass is 16.5. The first kappa shape index (κ1) is 16.4. The van der Waals surface area contributed by atoms with Crippen LogP contribution in [0, 0.1) is 16.7 Å². The summed E-state index contributed by atoms with van der Waals surface area (Å²) >= 11 is 0. The molecule has 0 bridgehead atoms. The molecule has 0 rings (SSSR count). The van der Waals surface area contributed by atoms with Crippen molar-refractivity contribution in [3.63, 3.8) is 0 Å². The molecule has 1 atom stereocenters. The summed E-state index contributed by atoms with van der Waals surface area (Å²) < 4.78 is 5.18. The predicted octanol–water partition coefficient (Wildman–Crippen LogP) is 3.01. The fourth-order valence-corrected chi connectivity index (χ4v) is 1.78. The molecule has 3 nitrogen and oxygen atoms in total. The lowest BCUT2D eigenvalue weighted by molar-refractivity contribution is -0.148. The topological polar surface area (TPSA) is 46.5 Å². The third-order valence-corrected chi connectivity index (χ3v) is 2.53. The van der Waals surface area contributed by atoms with E-state index in [2.05, 4.69) is 27.7 Å². The highest BCUT2D eigenvalue weighted by Gasteiger charge is 2.21. The number of aliphatic hydroxyl groups is 1. The first-order valence-corrected chi connectivity index (χ1v) is 6.32. The molecule has 0 saturated carbocycles. The molecule has 0 fully saturated rings. The Hall–Kier alpha value is -0.570. The highest BCUT2D eigenvalue weighted by molar-refractivity contribution is 5.69. The molecule has 3 heteroatoms. The molecule has 0 saturated heterocycles. The standard InChI is InChI=1S/C14H28O3/c1-11(8-13(2,3)4)7-12(16)17-10-14(5,6)9-15/h11,15H,7-10H2,1-6H3. The van der Waals surface area contributed by atoms with Gasteiger partial charge in [-0.3, -0.25) is 4.79 Å². The van der Waals surface area contributed by atoms with Crippen LogP contribution in [0.15, 0.2) is 0 Å². The number of aliphatic hydroxyl groups excluding tert-OH is 1. The molecular weight excluding hydrogens is 216 g/mol. The van der Waals surface area contributed by atoms with Gasteiger partial charge in [-0.1, -0.05) is 41.5 Å². The van der Waals surface area contributed by atoms with Gasteiger partial charge in [0.15, 0.2) is 0 Å². The van der Waals surface area contributed by atoms with Crippen molar-refractivity contribution in [3.05, 3.63) is 0 Å². The van der Waals surface area contributed by atoms with Crippen molar-refractivity contribution in [2.24, 2.45) is 16.7 Å². The van der Waals surface area contributed by atoms with Gasteiger partial charge in [-0.2, -0.15) is 0 Å². The summed E-state index contributed by atoms with van der Waals surface area (Å²) in [6.07, 6.45) is 1.46. The van der Waals surface area contributed by atoms with Crippen molar-refractivity contribution >= 4 is 5.97 Å². The van der Waals surface area contributed by atoms with Crippen molar-refractivity contribution < 1.29 is 14.6 Å². The number of esters is 1. The van der Waals surface area contributed by atoms with Gasteiger partial charge in [0.25, 0.3) is 0 Å². The number of hydrogen-bond donors (Lipinski definition) is 1. The van der Waals surface area contributed by atoms with Crippen molar-refractivity contribution in [1.82, 2.24) is 0 Å². The molecule has 1 unspecified atom stereocenters. The minimum atomic E-state index is -0.344. The molecule has 0 radical (unpaired) electrons. The Morgan fingerprint density at radius 3 is 2.18 bits per heavy atom. The van der Waals surface area contributed by atoms with Crippen LogP contribution in [0.1, 0.15) is 54.4 Å². The molecule has 0 amide bonds. The minimum absolute atomic E-state index is 0.0256. The minimum Gasteiger partial charge on any atom is -0.465 e. The number of hydrogen-bond acceptors (Lipinski definition) is 3. The van der Waals surface area contributed by atoms with Crippen molar-refractivity contribution in [1.29, 1.82) is 0 Å². The van der Waals surface area contributed by atoms with Gasteiger partial charge in [0.1, 0.15) is 0 Å². The second-order valence-electron chi connectivity index (χ2n) is 7.06. The van der Waals surface area contributed by atoms with E-state index in [0.29, 0.717) is 12.3 Å². The summed E-state index contributed by atoms with van der Waals surface area (Å²) in [6.45, 7) is 12.6. The van der Waals surface area contributed by atoms with Gasteiger partial charge < -0.3 is 9.84 Å². The van der Waals surface area contributed by atoms with Crippen molar-refractivity contribution in [2.75, 3.05) is 13.2 Å². The summed E-state index contributed by atoms with van der Waals surface area (Å²) in [5.41, 5.74) is -0.104. The lowest BCUT2D eigenvalue weighted by Crippen LogP contribution is -2.26. The van der Waals surface area contributed by atoms with E-state index in [4.69, 9.17) is 9.84 Å². The van der Waals surface area contributed by atoms with E-state index in [1.54, 1.807) is 0 Å². The molecule has 0 aromatic heterocycles. The predicted molar refractivity (Wildman–Crippen MR) is 69.7 cm³/mol. The van der Waals surface area contributed by atoms with E-state index in [1.165, 1.54) is 0 Å². The van der Waals surface area contributed by atoms with Crippen LogP contribution in [0.3, 0.4) is 0 Å². The number of carbonyl (C=O) groups is 1. The van der Waals surface area contributed by atoms with Crippen LogP contribution in [-0.4, -0.2) is 24.3 Å². The number of carbonyl (C=O) groups excluding carboxylic acids is 1. The Labute approximate surface area is 106 Å². The van der Waals surface area contributed by atoms with Crippen LogP contribution in [0.4, 0.5) is 0 Å². The van der Waals surface area contributed by atoms with Gasteiger partial charge in [0, 0.05) is 11.8 Å². The molecule has 17 heavy (non-hydrogen) atoms. The fourth-order valence-electron chi connectivity index (χ4n) is 1.78. The molecule has 0 spiro atoms. The second-order valence-corrected chi connectivity index (χ2v) is 7.06. The van der Waals surface area contributed by atoms with E-state index >= 15 is 0 Å². The van der Waals surface area contributed by atoms with Gasteiger partial charge in [-0.05, 0) is 17.8 Å². The average Bonchev–Trinajstić information content (AvgIpc) is 2.12. The van der Waals surface area contributed by atoms with Gasteiger partial charge in [-0.15, -0.1) is 0 Å². The monoisotopic (exact) mass is 244 g/mol. The van der Waals surface area contributed by atoms with Crippen LogP contribution in [-0.2, 0) is 9.53 Å². The van der Waals surface area contributed by atoms with E-state index < -0.39 is 0 Å². The maximum absolute atomic E-state index is 11.6. The zero-order chi connectivity index (χ0) is 13.7. The summed E-state index contributed by atoms with van der Waals surface area (Å²) in [4.78, 5) is 11.6. The van der Waals surface area contributed by atoms with Crippen molar-refractivity contribution in [2.45, 2.75) is 54.4 Å². The molecule has 0 aliphatic heterocycles. The first-order chi connectivity index (χ1) is 7.56. The third-order valence-electron chi connectivity index (χ3n) is 2.53. The van der Waals surface area contributed by atoms with Crippen molar-refractivity contribution in [3.8, 4) is 0 Å². The largest absolute Gasteiger partial charge is 0.465 e. The zero-order valence-corrected chi connectivity index (χ0v) is 12.2. The molecule has 0 aliphatic carbocycles. The molecule has 0 heterocycles. The van der Waals surface area contributed by atoms with Crippen LogP contribution < -0.4 is 0 Å². The summed E-state index contributed by atoms with van der Waals surface area (Å²) in [6, 6.07) is 0. The molecule has 1 N–H and O–H groups in total. The lowest BCUT2D eigenvalue weighted by Gasteiger charge is -2.24. The molecule has 102 valence electrons. The number of ether oxygens (including phenoxy) is 1. The normalized spacial score (nSPS) is 14.5. The molecule has 0 aromatic carbocycles. The summed E-state index contributed by atoms with van der Waals surface area (Å²) in [7, 11) is 0. The third kappa shape index (κ3) is 9.16. The lowest BCUT2D eigenvalue weighted by atomic mass is 9.84. The van der Waals surface area contributed by atoms with Gasteiger partial charge in [-0.25, -0.2) is 0 Å². The fraction of sp³-hybridized carbons (Fsp3) is 0.929. The van der Waals surface area contributed by atoms with Gasteiger partial charge in [0.2, 0.25) is 0 Å². The molecular formula is C14H28O3. The van der Waals surface area contributed by atoms with E-state index in [-0.39, 0.29) is 30.0 Å². The zero-order valence-electron chi connectivity index (χ0n) is 12.2. The molecule has 0 aromatic rings. The SMILES string of the molecule is CC(CC(=O)OCC(C)(C)CO)CC(C)(C)C. The van der Waals surface area contributed by atoms with Gasteiger partial charge in [0.05, 0.1) is 13.2 Å². The van der Waals surface area contributed by atoms with Crippen LogP contribution >= 0.6 is 0 Å². The summed E-state index contributed by atoms with van der Waals surface area (Å²) in [5.74, 6) is 0.169. The van der Waals surface area contributed by atoms with Crippen LogP contribution in [0.5, 0.6) is 0 Å². The Kier molecular flexibility index (Phi) is 6.17. The maximum Gasteiger partial charge on any atom is 0.306 e. The summed E-state index contributed by atoms with van der Waals surface area (Å²) in [5, 5.41) is 9.05. The van der Waals surface area contributed by atoms with Gasteiger partial charge >= 0.3 is 5.97 Å². The highest BCUT2D eigenvalue weighted by Crippen LogP contribution is 2.26. The smallest absolute Gasteiger partial charge is 0.306 e. The second kappa shape index (κ2) is 6.39. The van der Waals surface area contributed by atoms with E-state index in [1.807, 2.05) is 13.8 Å². The maximum atomic E-state index is 11.6. The molecule has 0 aliphatic rings. The van der Waals surface area contributed by atoms with Crippen LogP contribution in [0.25, 0.3) is 0 Å². The average molecular weight is 244 g/mol. The van der Waals surface area contributed by atoms with Crippen LogP contribution in [0.2, 0.25) is 0 Å². The van der Waals surface area contributed by atoms with E-state index in [9.17, 15) is 4.79 Å². The Morgan fingerprint density at radius 2 is 1.76 bits per heavy atom. The Bertz CT molecular complexity index is 238. The Balaban J connectivity index is 3.95.